The summed E-state index contributed by atoms with van der Waals surface area (Å²) in [5.41, 5.74) is 1.51. The van der Waals surface area contributed by atoms with Crippen molar-refractivity contribution in [2.24, 2.45) is 5.92 Å². The van der Waals surface area contributed by atoms with Gasteiger partial charge < -0.3 is 4.42 Å². The molecule has 1 unspecified atom stereocenters. The number of carbonyl (C=O) groups is 1. The average molecular weight is 271 g/mol. The minimum atomic E-state index is 0.173. The zero-order valence-corrected chi connectivity index (χ0v) is 12.0. The molecule has 0 bridgehead atoms. The second kappa shape index (κ2) is 5.80. The number of fused-ring (bicyclic) bond motifs is 1. The van der Waals surface area contributed by atoms with E-state index in [1.807, 2.05) is 24.3 Å². The zero-order chi connectivity index (χ0) is 13.9. The maximum atomic E-state index is 12.4. The molecule has 1 aliphatic heterocycles. The molecular formula is C17H21NO2. The SMILES string of the molecule is CCCC1CCN(CC(=O)c2coc3ccccc23)C1. The highest BCUT2D eigenvalue weighted by Gasteiger charge is 2.24. The molecule has 2 aromatic rings. The molecule has 0 N–H and O–H groups in total. The van der Waals surface area contributed by atoms with Gasteiger partial charge in [0, 0.05) is 11.9 Å². The highest BCUT2D eigenvalue weighted by Crippen LogP contribution is 2.24. The molecule has 0 saturated carbocycles. The third-order valence-electron chi connectivity index (χ3n) is 4.22. The smallest absolute Gasteiger partial charge is 0.180 e. The molecule has 1 aromatic heterocycles. The summed E-state index contributed by atoms with van der Waals surface area (Å²) in [7, 11) is 0. The van der Waals surface area contributed by atoms with Gasteiger partial charge in [0.05, 0.1) is 12.1 Å². The number of furan rings is 1. The van der Waals surface area contributed by atoms with Crippen LogP contribution in [0.3, 0.4) is 0 Å². The van der Waals surface area contributed by atoms with E-state index >= 15 is 0 Å². The lowest BCUT2D eigenvalue weighted by molar-refractivity contribution is 0.0944. The first-order valence-corrected chi connectivity index (χ1v) is 7.49. The summed E-state index contributed by atoms with van der Waals surface area (Å²) in [4.78, 5) is 14.7. The van der Waals surface area contributed by atoms with E-state index in [4.69, 9.17) is 4.42 Å². The van der Waals surface area contributed by atoms with Gasteiger partial charge in [0.2, 0.25) is 0 Å². The monoisotopic (exact) mass is 271 g/mol. The van der Waals surface area contributed by atoms with Gasteiger partial charge in [0.25, 0.3) is 0 Å². The largest absolute Gasteiger partial charge is 0.464 e. The number of Topliss-reactive ketones (excluding diaryl/α,β-unsaturated/α-hetero) is 1. The maximum Gasteiger partial charge on any atom is 0.180 e. The number of hydrogen-bond acceptors (Lipinski definition) is 3. The highest BCUT2D eigenvalue weighted by atomic mass is 16.3. The molecule has 1 aliphatic rings. The van der Waals surface area contributed by atoms with Gasteiger partial charge in [-0.15, -0.1) is 0 Å². The fourth-order valence-electron chi connectivity index (χ4n) is 3.18. The topological polar surface area (TPSA) is 33.5 Å². The lowest BCUT2D eigenvalue weighted by Crippen LogP contribution is -2.27. The number of ketones is 1. The quantitative estimate of drug-likeness (QED) is 0.777. The van der Waals surface area contributed by atoms with E-state index < -0.39 is 0 Å². The van der Waals surface area contributed by atoms with E-state index in [0.717, 1.165) is 35.5 Å². The number of nitrogens with zero attached hydrogens (tertiary/aromatic N) is 1. The summed E-state index contributed by atoms with van der Waals surface area (Å²) in [5, 5.41) is 0.932. The molecule has 1 saturated heterocycles. The van der Waals surface area contributed by atoms with Crippen LogP contribution in [0.4, 0.5) is 0 Å². The van der Waals surface area contributed by atoms with Crippen LogP contribution in [0.1, 0.15) is 36.5 Å². The van der Waals surface area contributed by atoms with Crippen LogP contribution in [-0.2, 0) is 0 Å². The van der Waals surface area contributed by atoms with Crippen LogP contribution in [0.15, 0.2) is 34.9 Å². The van der Waals surface area contributed by atoms with Crippen LogP contribution in [0.5, 0.6) is 0 Å². The van der Waals surface area contributed by atoms with Crippen molar-refractivity contribution in [3.63, 3.8) is 0 Å². The van der Waals surface area contributed by atoms with Crippen LogP contribution in [0, 0.1) is 5.92 Å². The number of likely N-dealkylation sites (tertiary alicyclic amines) is 1. The van der Waals surface area contributed by atoms with Gasteiger partial charge in [-0.05, 0) is 31.4 Å². The summed E-state index contributed by atoms with van der Waals surface area (Å²) in [5.74, 6) is 0.945. The first-order valence-electron chi connectivity index (χ1n) is 7.49. The van der Waals surface area contributed by atoms with Crippen LogP contribution in [-0.4, -0.2) is 30.3 Å². The Hall–Kier alpha value is -1.61. The zero-order valence-electron chi connectivity index (χ0n) is 12.0. The molecule has 106 valence electrons. The Morgan fingerprint density at radius 1 is 1.40 bits per heavy atom. The third-order valence-corrected chi connectivity index (χ3v) is 4.22. The fraction of sp³-hybridized carbons (Fsp3) is 0.471. The van der Waals surface area contributed by atoms with Gasteiger partial charge in [0.1, 0.15) is 11.8 Å². The molecule has 1 atom stereocenters. The van der Waals surface area contributed by atoms with Gasteiger partial charge in [0.15, 0.2) is 5.78 Å². The minimum absolute atomic E-state index is 0.173. The van der Waals surface area contributed by atoms with Gasteiger partial charge in [-0.1, -0.05) is 31.5 Å². The Morgan fingerprint density at radius 3 is 3.10 bits per heavy atom. The molecule has 2 heterocycles. The van der Waals surface area contributed by atoms with Crippen LogP contribution in [0.2, 0.25) is 0 Å². The first-order chi connectivity index (χ1) is 9.78. The van der Waals surface area contributed by atoms with Crippen molar-refractivity contribution in [2.45, 2.75) is 26.2 Å². The van der Waals surface area contributed by atoms with Crippen molar-refractivity contribution in [1.29, 1.82) is 0 Å². The number of para-hydroxylation sites is 1. The number of benzene rings is 1. The van der Waals surface area contributed by atoms with Crippen molar-refractivity contribution >= 4 is 16.8 Å². The normalized spacial score (nSPS) is 19.8. The van der Waals surface area contributed by atoms with E-state index in [1.54, 1.807) is 6.26 Å². The van der Waals surface area contributed by atoms with E-state index in [-0.39, 0.29) is 5.78 Å². The van der Waals surface area contributed by atoms with E-state index in [9.17, 15) is 4.79 Å². The van der Waals surface area contributed by atoms with Crippen LogP contribution in [0.25, 0.3) is 11.0 Å². The molecule has 0 aliphatic carbocycles. The predicted octanol–water partition coefficient (Wildman–Crippen LogP) is 3.74. The van der Waals surface area contributed by atoms with Crippen LogP contribution < -0.4 is 0 Å². The lowest BCUT2D eigenvalue weighted by Gasteiger charge is -2.14. The Morgan fingerprint density at radius 2 is 2.25 bits per heavy atom. The standard InChI is InChI=1S/C17H21NO2/c1-2-5-13-8-9-18(10-13)11-16(19)15-12-20-17-7-4-3-6-14(15)17/h3-4,6-7,12-13H,2,5,8-11H2,1H3. The Kier molecular flexibility index (Phi) is 3.88. The summed E-state index contributed by atoms with van der Waals surface area (Å²) in [6, 6.07) is 7.73. The number of hydrogen-bond donors (Lipinski definition) is 0. The maximum absolute atomic E-state index is 12.4. The Balaban J connectivity index is 1.68. The summed E-state index contributed by atoms with van der Waals surface area (Å²) >= 11 is 0. The summed E-state index contributed by atoms with van der Waals surface area (Å²) < 4.78 is 5.45. The summed E-state index contributed by atoms with van der Waals surface area (Å²) in [6.45, 7) is 4.86. The van der Waals surface area contributed by atoms with E-state index in [0.29, 0.717) is 6.54 Å². The van der Waals surface area contributed by atoms with Gasteiger partial charge in [-0.3, -0.25) is 9.69 Å². The average Bonchev–Trinajstić information content (AvgIpc) is 3.06. The molecule has 3 heteroatoms. The lowest BCUT2D eigenvalue weighted by atomic mass is 10.0. The van der Waals surface area contributed by atoms with Gasteiger partial charge in [-0.2, -0.15) is 0 Å². The highest BCUT2D eigenvalue weighted by molar-refractivity contribution is 6.08. The molecule has 0 spiro atoms. The number of rotatable bonds is 5. The Labute approximate surface area is 119 Å². The van der Waals surface area contributed by atoms with Gasteiger partial charge >= 0.3 is 0 Å². The Bertz CT molecular complexity index is 602. The second-order valence-electron chi connectivity index (χ2n) is 5.75. The van der Waals surface area contributed by atoms with Gasteiger partial charge in [-0.25, -0.2) is 0 Å². The van der Waals surface area contributed by atoms with E-state index in [2.05, 4.69) is 11.8 Å². The molecule has 0 radical (unpaired) electrons. The molecular weight excluding hydrogens is 250 g/mol. The minimum Gasteiger partial charge on any atom is -0.464 e. The molecule has 3 nitrogen and oxygen atoms in total. The molecule has 1 aromatic carbocycles. The summed E-state index contributed by atoms with van der Waals surface area (Å²) in [6.07, 6.45) is 5.35. The van der Waals surface area contributed by atoms with Crippen molar-refractivity contribution in [2.75, 3.05) is 19.6 Å². The number of carbonyl (C=O) groups excluding carboxylic acids is 1. The first kappa shape index (κ1) is 13.4. The molecule has 20 heavy (non-hydrogen) atoms. The van der Waals surface area contributed by atoms with Crippen molar-refractivity contribution in [3.05, 3.63) is 36.1 Å². The second-order valence-corrected chi connectivity index (χ2v) is 5.75. The third kappa shape index (κ3) is 2.63. The van der Waals surface area contributed by atoms with Crippen LogP contribution >= 0.6 is 0 Å². The van der Waals surface area contributed by atoms with Crippen molar-refractivity contribution < 1.29 is 9.21 Å². The molecule has 0 amide bonds. The van der Waals surface area contributed by atoms with Crippen molar-refractivity contribution in [3.8, 4) is 0 Å². The van der Waals surface area contributed by atoms with Crippen molar-refractivity contribution in [1.82, 2.24) is 4.90 Å². The van der Waals surface area contributed by atoms with E-state index in [1.165, 1.54) is 19.3 Å². The predicted molar refractivity (Wildman–Crippen MR) is 80.0 cm³/mol. The molecule has 1 fully saturated rings. The fourth-order valence-corrected chi connectivity index (χ4v) is 3.18. The molecule has 3 rings (SSSR count).